The molecule has 368 valence electrons. The predicted molar refractivity (Wildman–Crippen MR) is 289 cm³/mol. The summed E-state index contributed by atoms with van der Waals surface area (Å²) in [7, 11) is 0. The summed E-state index contributed by atoms with van der Waals surface area (Å²) in [5.41, 5.74) is 21.0. The Hall–Kier alpha value is -7.48. The van der Waals surface area contributed by atoms with E-state index in [0.717, 1.165) is 104 Å². The van der Waals surface area contributed by atoms with Gasteiger partial charge >= 0.3 is 0 Å². The maximum Gasteiger partial charge on any atom is 0.282 e. The lowest BCUT2D eigenvalue weighted by atomic mass is 9.82. The van der Waals surface area contributed by atoms with E-state index in [1.54, 1.807) is 12.1 Å². The number of nitro benzene ring substituents is 2. The molecule has 0 amide bonds. The van der Waals surface area contributed by atoms with Crippen LogP contribution < -0.4 is 11.5 Å². The Morgan fingerprint density at radius 3 is 1.26 bits per heavy atom. The van der Waals surface area contributed by atoms with Crippen LogP contribution in [0, 0.1) is 20.2 Å². The fraction of sp³-hybridized carbons (Fsp3) is 0.379. The van der Waals surface area contributed by atoms with Gasteiger partial charge < -0.3 is 20.6 Å². The second-order valence-corrected chi connectivity index (χ2v) is 20.4. The van der Waals surface area contributed by atoms with Crippen LogP contribution in [0.3, 0.4) is 0 Å². The van der Waals surface area contributed by atoms with Crippen LogP contribution >= 0.6 is 0 Å². The van der Waals surface area contributed by atoms with Crippen LogP contribution in [0.5, 0.6) is 0 Å². The number of benzene rings is 7. The van der Waals surface area contributed by atoms with Crippen molar-refractivity contribution in [3.63, 3.8) is 0 Å². The molecule has 0 spiro atoms. The first-order valence-corrected chi connectivity index (χ1v) is 26.2. The molecule has 0 bridgehead atoms. The fourth-order valence-electron chi connectivity index (χ4n) is 12.2. The summed E-state index contributed by atoms with van der Waals surface area (Å²) in [4.78, 5) is 61.4. The average Bonchev–Trinajstić information content (AvgIpc) is 3.93. The van der Waals surface area contributed by atoms with Crippen LogP contribution in [0.4, 0.5) is 22.7 Å². The van der Waals surface area contributed by atoms with Crippen molar-refractivity contribution in [1.82, 2.24) is 19.1 Å². The van der Waals surface area contributed by atoms with Gasteiger partial charge in [-0.15, -0.1) is 0 Å². The summed E-state index contributed by atoms with van der Waals surface area (Å²) in [5.74, 6) is 0.783. The lowest BCUT2D eigenvalue weighted by Gasteiger charge is -2.27. The van der Waals surface area contributed by atoms with E-state index in [4.69, 9.17) is 21.4 Å². The van der Waals surface area contributed by atoms with Crippen molar-refractivity contribution in [2.45, 2.75) is 143 Å². The van der Waals surface area contributed by atoms with Crippen LogP contribution in [0.25, 0.3) is 87.9 Å². The first kappa shape index (κ1) is 46.9. The smallest absolute Gasteiger partial charge is 0.282 e. The highest BCUT2D eigenvalue weighted by Gasteiger charge is 2.33. The zero-order valence-electron chi connectivity index (χ0n) is 41.2. The summed E-state index contributed by atoms with van der Waals surface area (Å²) in [6.07, 6.45) is 17.8. The molecule has 14 nitrogen and oxygen atoms in total. The molecular formula is C58H60N8O6. The minimum atomic E-state index is -0.478. The number of fused-ring (bicyclic) bond motifs is 10. The number of nitro groups is 2. The molecule has 2 aliphatic heterocycles. The highest BCUT2D eigenvalue weighted by molar-refractivity contribution is 6.40. The molecule has 0 saturated heterocycles. The normalized spacial score (nSPS) is 12.8. The molecule has 7 aromatic carbocycles. The number of nitrogen functional groups attached to an aromatic ring is 2. The van der Waals surface area contributed by atoms with E-state index in [9.17, 15) is 29.8 Å². The first-order chi connectivity index (χ1) is 35.0. The highest BCUT2D eigenvalue weighted by Crippen LogP contribution is 2.53. The molecular weight excluding hydrogens is 905 g/mol. The number of hydrogen-bond acceptors (Lipinski definition) is 10. The minimum Gasteiger partial charge on any atom is -0.398 e. The maximum absolute atomic E-state index is 13.7. The van der Waals surface area contributed by atoms with Gasteiger partial charge in [-0.1, -0.05) is 128 Å². The lowest BCUT2D eigenvalue weighted by molar-refractivity contribution is -0.385. The van der Waals surface area contributed by atoms with Crippen LogP contribution in [0.1, 0.15) is 161 Å². The molecule has 72 heavy (non-hydrogen) atoms. The standard InChI is InChI=1S/C58H60N8O6/c1-3-5-7-9-11-13-15-17-19-49(67)37-27-47-43(29-45(37)65(69)70)61-57-39-25-41(59)53-36-24-22-34-32-64-48-28-38(50(68)20-18-16-14-12-10-8-6-4-2)46(66(71)72)30-44(48)62-58(64)40-26-42(60)54(56(36)52(34)40)35-23-21-33(31-63(47)57)51(39)55(35)53/h21-30H,3-20,31-32,59-60H2,1-2H3. The van der Waals surface area contributed by atoms with Crippen molar-refractivity contribution in [2.24, 2.45) is 0 Å². The fourth-order valence-corrected chi connectivity index (χ4v) is 12.2. The van der Waals surface area contributed by atoms with Gasteiger partial charge in [0.25, 0.3) is 11.4 Å². The molecule has 0 saturated carbocycles. The van der Waals surface area contributed by atoms with E-state index < -0.39 is 9.85 Å². The van der Waals surface area contributed by atoms with Gasteiger partial charge in [0, 0.05) is 69.0 Å². The molecule has 0 unspecified atom stereocenters. The summed E-state index contributed by atoms with van der Waals surface area (Å²) < 4.78 is 4.08. The molecule has 0 atom stereocenters. The van der Waals surface area contributed by atoms with Crippen LogP contribution in [-0.2, 0) is 13.1 Å². The molecule has 0 aliphatic carbocycles. The zero-order chi connectivity index (χ0) is 49.9. The van der Waals surface area contributed by atoms with Gasteiger partial charge in [-0.2, -0.15) is 0 Å². The lowest BCUT2D eigenvalue weighted by Crippen LogP contribution is -2.12. The third kappa shape index (κ3) is 7.77. The van der Waals surface area contributed by atoms with Gasteiger partial charge in [0.2, 0.25) is 0 Å². The molecule has 2 aromatic heterocycles. The molecule has 2 aliphatic rings. The van der Waals surface area contributed by atoms with Crippen molar-refractivity contribution < 1.29 is 19.4 Å². The Morgan fingerprint density at radius 2 is 0.889 bits per heavy atom. The van der Waals surface area contributed by atoms with Gasteiger partial charge in [-0.3, -0.25) is 29.8 Å². The molecule has 4 N–H and O–H groups in total. The summed E-state index contributed by atoms with van der Waals surface area (Å²) in [5, 5.41) is 32.4. The Balaban J connectivity index is 0.968. The van der Waals surface area contributed by atoms with Gasteiger partial charge in [-0.25, -0.2) is 9.97 Å². The Labute approximate surface area is 416 Å². The van der Waals surface area contributed by atoms with E-state index in [2.05, 4.69) is 38.1 Å². The number of ketones is 2. The molecule has 11 rings (SSSR count). The monoisotopic (exact) mass is 964 g/mol. The second kappa shape index (κ2) is 18.9. The number of nitrogens with zero attached hydrogens (tertiary/aromatic N) is 6. The van der Waals surface area contributed by atoms with E-state index in [1.807, 2.05) is 21.3 Å². The largest absolute Gasteiger partial charge is 0.398 e. The first-order valence-electron chi connectivity index (χ1n) is 26.2. The second-order valence-electron chi connectivity index (χ2n) is 20.4. The van der Waals surface area contributed by atoms with Crippen molar-refractivity contribution in [3.05, 3.63) is 103 Å². The SMILES string of the molecule is CCCCCCCCCCC(=O)c1cc2c(cc1[N+](=O)[O-])nc1n2Cc2ccc3c4c(N)cc5c6c(ccc(c7c(N)cc-1c2c37)c64)Cn1c-5nc2cc([N+](=O)[O-])c(C(=O)CCCCCCCCCC)cc21. The van der Waals surface area contributed by atoms with Crippen LogP contribution in [-0.4, -0.2) is 40.5 Å². The van der Waals surface area contributed by atoms with Crippen LogP contribution in [0.2, 0.25) is 0 Å². The topological polar surface area (TPSA) is 208 Å². The molecule has 4 heterocycles. The number of carbonyl (C=O) groups is 2. The number of carbonyl (C=O) groups excluding carboxylic acids is 2. The zero-order valence-corrected chi connectivity index (χ0v) is 41.2. The molecule has 0 radical (unpaired) electrons. The third-order valence-corrected chi connectivity index (χ3v) is 15.7. The van der Waals surface area contributed by atoms with E-state index in [1.165, 1.54) is 63.5 Å². The van der Waals surface area contributed by atoms with Crippen molar-refractivity contribution in [1.29, 1.82) is 0 Å². The molecule has 0 fully saturated rings. The number of aromatic nitrogens is 4. The number of hydrogen-bond donors (Lipinski definition) is 2. The van der Waals surface area contributed by atoms with Gasteiger partial charge in [-0.05, 0) is 69.8 Å². The Bertz CT molecular complexity index is 3480. The van der Waals surface area contributed by atoms with E-state index in [-0.39, 0.29) is 46.9 Å². The van der Waals surface area contributed by atoms with Gasteiger partial charge in [0.05, 0.1) is 56.1 Å². The molecule has 14 heteroatoms. The quantitative estimate of drug-likeness (QED) is 0.0125. The summed E-state index contributed by atoms with van der Waals surface area (Å²) in [6, 6.07) is 18.5. The van der Waals surface area contributed by atoms with Crippen LogP contribution in [0.15, 0.2) is 60.7 Å². The number of unbranched alkanes of at least 4 members (excludes halogenated alkanes) is 14. The predicted octanol–water partition coefficient (Wildman–Crippen LogP) is 14.9. The summed E-state index contributed by atoms with van der Waals surface area (Å²) in [6.45, 7) is 5.26. The number of anilines is 2. The van der Waals surface area contributed by atoms with Gasteiger partial charge in [0.15, 0.2) is 11.6 Å². The number of imidazole rings is 2. The minimum absolute atomic E-state index is 0.113. The van der Waals surface area contributed by atoms with Crippen molar-refractivity contribution >= 4 is 99.5 Å². The number of Topliss-reactive ketones (excluding diaryl/α,β-unsaturated/α-hetero) is 2. The number of nitrogens with two attached hydrogens (primary N) is 2. The Kier molecular flexibility index (Phi) is 12.3. The highest BCUT2D eigenvalue weighted by atomic mass is 16.6. The van der Waals surface area contributed by atoms with E-state index >= 15 is 0 Å². The Morgan fingerprint density at radius 1 is 0.514 bits per heavy atom. The molecule has 9 aromatic rings. The van der Waals surface area contributed by atoms with Gasteiger partial charge in [0.1, 0.15) is 11.6 Å². The van der Waals surface area contributed by atoms with E-state index in [0.29, 0.717) is 71.0 Å². The van der Waals surface area contributed by atoms with Crippen molar-refractivity contribution in [2.75, 3.05) is 11.5 Å². The number of rotatable bonds is 22. The third-order valence-electron chi connectivity index (χ3n) is 15.7. The summed E-state index contributed by atoms with van der Waals surface area (Å²) >= 11 is 0. The maximum atomic E-state index is 13.7. The van der Waals surface area contributed by atoms with Crippen molar-refractivity contribution in [3.8, 4) is 22.8 Å². The average molecular weight is 965 g/mol.